The van der Waals surface area contributed by atoms with Gasteiger partial charge in [-0.15, -0.1) is 0 Å². The highest BCUT2D eigenvalue weighted by atomic mass is 16.5. The molecule has 8 heteroatoms. The van der Waals surface area contributed by atoms with Gasteiger partial charge in [0.15, 0.2) is 6.61 Å². The summed E-state index contributed by atoms with van der Waals surface area (Å²) < 4.78 is 5.09. The Hall–Kier alpha value is -4.12. The van der Waals surface area contributed by atoms with Crippen LogP contribution in [0.2, 0.25) is 0 Å². The number of esters is 1. The van der Waals surface area contributed by atoms with Crippen molar-refractivity contribution >= 4 is 35.2 Å². The van der Waals surface area contributed by atoms with Crippen molar-refractivity contribution in [3.8, 4) is 6.07 Å². The third-order valence-corrected chi connectivity index (χ3v) is 5.65. The second kappa shape index (κ2) is 11.7. The van der Waals surface area contributed by atoms with Crippen LogP contribution in [0.25, 0.3) is 6.08 Å². The number of piperidine rings is 1. The van der Waals surface area contributed by atoms with Gasteiger partial charge in [0.05, 0.1) is 0 Å². The van der Waals surface area contributed by atoms with Crippen LogP contribution in [-0.4, -0.2) is 56.5 Å². The molecule has 0 bridgehead atoms. The highest BCUT2D eigenvalue weighted by molar-refractivity contribution is 5.99. The molecule has 0 aromatic heterocycles. The van der Waals surface area contributed by atoms with Gasteiger partial charge in [0.1, 0.15) is 11.6 Å². The van der Waals surface area contributed by atoms with Crippen molar-refractivity contribution in [1.29, 1.82) is 5.26 Å². The summed E-state index contributed by atoms with van der Waals surface area (Å²) in [5.74, 6) is -1.43. The highest BCUT2D eigenvalue weighted by Crippen LogP contribution is 2.20. The summed E-state index contributed by atoms with van der Waals surface area (Å²) in [5, 5.41) is 12.2. The summed E-state index contributed by atoms with van der Waals surface area (Å²) in [7, 11) is 3.84. The molecule has 2 amide bonds. The van der Waals surface area contributed by atoms with Gasteiger partial charge in [-0.25, -0.2) is 4.79 Å². The highest BCUT2D eigenvalue weighted by Gasteiger charge is 2.28. The van der Waals surface area contributed by atoms with Crippen molar-refractivity contribution in [1.82, 2.24) is 4.90 Å². The molecule has 1 aliphatic heterocycles. The van der Waals surface area contributed by atoms with E-state index in [9.17, 15) is 19.6 Å². The molecule has 176 valence electrons. The summed E-state index contributed by atoms with van der Waals surface area (Å²) in [4.78, 5) is 40.8. The van der Waals surface area contributed by atoms with Gasteiger partial charge in [-0.1, -0.05) is 30.3 Å². The fourth-order valence-electron chi connectivity index (χ4n) is 3.63. The minimum Gasteiger partial charge on any atom is -0.451 e. The standard InChI is InChI=1S/C26H28N4O4/c1-29(2)23-10-8-19(9-11-23)16-21(17-27)26(33)34-18-24(31)30-14-12-20(13-15-30)25(32)28-22-6-4-3-5-7-22/h3-11,16,20H,12-15,18H2,1-2H3,(H,28,32). The number of para-hydroxylation sites is 1. The van der Waals surface area contributed by atoms with E-state index >= 15 is 0 Å². The maximum Gasteiger partial charge on any atom is 0.349 e. The predicted octanol–water partition coefficient (Wildman–Crippen LogP) is 3.08. The number of benzene rings is 2. The lowest BCUT2D eigenvalue weighted by molar-refractivity contribution is -0.149. The van der Waals surface area contributed by atoms with Crippen LogP contribution in [0.1, 0.15) is 18.4 Å². The smallest absolute Gasteiger partial charge is 0.349 e. The van der Waals surface area contributed by atoms with Gasteiger partial charge >= 0.3 is 5.97 Å². The number of hydrogen-bond donors (Lipinski definition) is 1. The lowest BCUT2D eigenvalue weighted by atomic mass is 9.95. The lowest BCUT2D eigenvalue weighted by Gasteiger charge is -2.31. The fourth-order valence-corrected chi connectivity index (χ4v) is 3.63. The number of nitriles is 1. The van der Waals surface area contributed by atoms with Crippen LogP contribution >= 0.6 is 0 Å². The van der Waals surface area contributed by atoms with E-state index < -0.39 is 12.6 Å². The van der Waals surface area contributed by atoms with Crippen LogP contribution in [0.3, 0.4) is 0 Å². The second-order valence-electron chi connectivity index (χ2n) is 8.24. The van der Waals surface area contributed by atoms with E-state index in [-0.39, 0.29) is 23.3 Å². The van der Waals surface area contributed by atoms with E-state index in [0.29, 0.717) is 31.5 Å². The largest absolute Gasteiger partial charge is 0.451 e. The van der Waals surface area contributed by atoms with Gasteiger partial charge in [-0.2, -0.15) is 5.26 Å². The molecule has 34 heavy (non-hydrogen) atoms. The van der Waals surface area contributed by atoms with Crippen molar-refractivity contribution < 1.29 is 19.1 Å². The summed E-state index contributed by atoms with van der Waals surface area (Å²) in [6, 6.07) is 18.4. The summed E-state index contributed by atoms with van der Waals surface area (Å²) in [6.07, 6.45) is 2.50. The molecule has 1 heterocycles. The number of amides is 2. The molecule has 0 unspecified atom stereocenters. The third-order valence-electron chi connectivity index (χ3n) is 5.65. The first-order valence-corrected chi connectivity index (χ1v) is 11.1. The third kappa shape index (κ3) is 6.69. The first-order chi connectivity index (χ1) is 16.4. The normalized spacial score (nSPS) is 14.1. The van der Waals surface area contributed by atoms with E-state index in [1.165, 1.54) is 6.08 Å². The SMILES string of the molecule is CN(C)c1ccc(C=C(C#N)C(=O)OCC(=O)N2CCC(C(=O)Nc3ccccc3)CC2)cc1. The van der Waals surface area contributed by atoms with E-state index in [1.807, 2.05) is 67.5 Å². The number of carbonyl (C=O) groups excluding carboxylic acids is 3. The number of likely N-dealkylation sites (tertiary alicyclic amines) is 1. The number of anilines is 2. The molecule has 2 aromatic rings. The molecule has 2 aromatic carbocycles. The maximum absolute atomic E-state index is 12.5. The first kappa shape index (κ1) is 24.5. The van der Waals surface area contributed by atoms with Crippen LogP contribution < -0.4 is 10.2 Å². The van der Waals surface area contributed by atoms with Gasteiger partial charge in [0.25, 0.3) is 5.91 Å². The Morgan fingerprint density at radius 1 is 1.09 bits per heavy atom. The fraction of sp³-hybridized carbons (Fsp3) is 0.308. The zero-order valence-corrected chi connectivity index (χ0v) is 19.4. The number of ether oxygens (including phenoxy) is 1. The number of nitrogens with one attached hydrogen (secondary N) is 1. The first-order valence-electron chi connectivity index (χ1n) is 11.1. The van der Waals surface area contributed by atoms with Gasteiger partial charge in [0.2, 0.25) is 5.91 Å². The van der Waals surface area contributed by atoms with Crippen molar-refractivity contribution in [3.63, 3.8) is 0 Å². The summed E-state index contributed by atoms with van der Waals surface area (Å²) >= 11 is 0. The molecule has 0 spiro atoms. The molecular weight excluding hydrogens is 432 g/mol. The van der Waals surface area contributed by atoms with Crippen molar-refractivity contribution in [3.05, 3.63) is 65.7 Å². The monoisotopic (exact) mass is 460 g/mol. The number of carbonyl (C=O) groups is 3. The minimum absolute atomic E-state index is 0.0628. The van der Waals surface area contributed by atoms with Crippen LogP contribution in [0.15, 0.2) is 60.2 Å². The Morgan fingerprint density at radius 2 is 1.74 bits per heavy atom. The van der Waals surface area contributed by atoms with Crippen molar-refractivity contribution in [2.45, 2.75) is 12.8 Å². The molecular formula is C26H28N4O4. The van der Waals surface area contributed by atoms with Crippen molar-refractivity contribution in [2.75, 3.05) is 44.0 Å². The Labute approximate surface area is 199 Å². The maximum atomic E-state index is 12.5. The molecule has 3 rings (SSSR count). The van der Waals surface area contributed by atoms with Gasteiger partial charge in [-0.05, 0) is 48.7 Å². The van der Waals surface area contributed by atoms with Crippen LogP contribution in [0, 0.1) is 17.2 Å². The van der Waals surface area contributed by atoms with E-state index in [1.54, 1.807) is 17.0 Å². The number of hydrogen-bond acceptors (Lipinski definition) is 6. The van der Waals surface area contributed by atoms with Crippen molar-refractivity contribution in [2.24, 2.45) is 5.92 Å². The Balaban J connectivity index is 1.47. The molecule has 8 nitrogen and oxygen atoms in total. The Bertz CT molecular complexity index is 1080. The number of rotatable bonds is 7. The molecule has 1 aliphatic rings. The van der Waals surface area contributed by atoms with E-state index in [2.05, 4.69) is 5.32 Å². The molecule has 0 atom stereocenters. The number of nitrogens with zero attached hydrogens (tertiary/aromatic N) is 3. The quantitative estimate of drug-likeness (QED) is 0.387. The van der Waals surface area contributed by atoms with Gasteiger partial charge in [0, 0.05) is 44.5 Å². The van der Waals surface area contributed by atoms with Crippen LogP contribution in [-0.2, 0) is 19.1 Å². The summed E-state index contributed by atoms with van der Waals surface area (Å²) in [6.45, 7) is 0.364. The van der Waals surface area contributed by atoms with Gasteiger partial charge in [-0.3, -0.25) is 9.59 Å². The molecule has 0 radical (unpaired) electrons. The molecule has 1 N–H and O–H groups in total. The second-order valence-corrected chi connectivity index (χ2v) is 8.24. The average molecular weight is 461 g/mol. The van der Waals surface area contributed by atoms with Crippen LogP contribution in [0.5, 0.6) is 0 Å². The molecule has 0 aliphatic carbocycles. The molecule has 1 fully saturated rings. The summed E-state index contributed by atoms with van der Waals surface area (Å²) in [5.41, 5.74) is 2.24. The average Bonchev–Trinajstić information content (AvgIpc) is 2.86. The Morgan fingerprint density at radius 3 is 2.32 bits per heavy atom. The Kier molecular flexibility index (Phi) is 8.41. The van der Waals surface area contributed by atoms with E-state index in [0.717, 1.165) is 11.4 Å². The van der Waals surface area contributed by atoms with Crippen LogP contribution in [0.4, 0.5) is 11.4 Å². The zero-order valence-electron chi connectivity index (χ0n) is 19.4. The van der Waals surface area contributed by atoms with E-state index in [4.69, 9.17) is 4.74 Å². The lowest BCUT2D eigenvalue weighted by Crippen LogP contribution is -2.43. The molecule has 0 saturated carbocycles. The zero-order chi connectivity index (χ0) is 24.5. The predicted molar refractivity (Wildman–Crippen MR) is 130 cm³/mol. The van der Waals surface area contributed by atoms with Gasteiger partial charge < -0.3 is 19.9 Å². The molecule has 1 saturated heterocycles. The topological polar surface area (TPSA) is 103 Å². The minimum atomic E-state index is -0.843.